The Morgan fingerprint density at radius 1 is 1.25 bits per heavy atom. The molecule has 3 nitrogen and oxygen atoms in total. The molecule has 0 bridgehead atoms. The van der Waals surface area contributed by atoms with E-state index in [-0.39, 0.29) is 12.0 Å². The largest absolute Gasteiger partial charge is 0.393 e. The van der Waals surface area contributed by atoms with Crippen molar-refractivity contribution in [3.8, 4) is 0 Å². The van der Waals surface area contributed by atoms with Gasteiger partial charge in [0.15, 0.2) is 0 Å². The second kappa shape index (κ2) is 8.54. The summed E-state index contributed by atoms with van der Waals surface area (Å²) in [6, 6.07) is 8.37. The fourth-order valence-corrected chi connectivity index (χ4v) is 1.79. The first kappa shape index (κ1) is 16.4. The molecule has 110 valence electrons. The predicted molar refractivity (Wildman–Crippen MR) is 83.5 cm³/mol. The Balaban J connectivity index is 2.35. The van der Waals surface area contributed by atoms with E-state index in [1.165, 1.54) is 5.56 Å². The molecular weight excluding hydrogens is 250 g/mol. The summed E-state index contributed by atoms with van der Waals surface area (Å²) in [6.07, 6.45) is 4.41. The lowest BCUT2D eigenvalue weighted by Gasteiger charge is -2.05. The highest BCUT2D eigenvalue weighted by atomic mass is 16.3. The van der Waals surface area contributed by atoms with Crippen molar-refractivity contribution in [3.05, 3.63) is 41.5 Å². The van der Waals surface area contributed by atoms with Crippen LogP contribution in [-0.4, -0.2) is 23.7 Å². The lowest BCUT2D eigenvalue weighted by Crippen LogP contribution is -2.25. The molecule has 0 spiro atoms. The Labute approximate surface area is 121 Å². The van der Waals surface area contributed by atoms with Crippen LogP contribution in [0.1, 0.15) is 50.7 Å². The molecule has 20 heavy (non-hydrogen) atoms. The van der Waals surface area contributed by atoms with Gasteiger partial charge in [0, 0.05) is 13.0 Å². The number of rotatable bonds is 7. The predicted octanol–water partition coefficient (Wildman–Crippen LogP) is 3.10. The minimum Gasteiger partial charge on any atom is -0.393 e. The van der Waals surface area contributed by atoms with Crippen LogP contribution in [0.4, 0.5) is 0 Å². The number of hydrogen-bond acceptors (Lipinski definition) is 2. The maximum absolute atomic E-state index is 11.5. The van der Waals surface area contributed by atoms with Crippen LogP contribution in [-0.2, 0) is 4.79 Å². The fraction of sp³-hybridized carbons (Fsp3) is 0.471. The zero-order chi connectivity index (χ0) is 15.0. The van der Waals surface area contributed by atoms with Crippen molar-refractivity contribution in [3.63, 3.8) is 0 Å². The molecule has 0 saturated heterocycles. The minimum atomic E-state index is -0.370. The third-order valence-corrected chi connectivity index (χ3v) is 3.10. The highest BCUT2D eigenvalue weighted by Gasteiger charge is 2.00. The van der Waals surface area contributed by atoms with Gasteiger partial charge in [-0.05, 0) is 30.4 Å². The summed E-state index contributed by atoms with van der Waals surface area (Å²) in [4.78, 5) is 11.5. The summed E-state index contributed by atoms with van der Waals surface area (Å²) >= 11 is 0. The third kappa shape index (κ3) is 6.53. The third-order valence-electron chi connectivity index (χ3n) is 3.10. The van der Waals surface area contributed by atoms with Gasteiger partial charge in [0.05, 0.1) is 6.10 Å². The van der Waals surface area contributed by atoms with E-state index in [9.17, 15) is 4.79 Å². The van der Waals surface area contributed by atoms with Gasteiger partial charge in [-0.25, -0.2) is 0 Å². The maximum Gasteiger partial charge on any atom is 0.223 e. The molecule has 1 aromatic rings. The van der Waals surface area contributed by atoms with Crippen LogP contribution in [0.2, 0.25) is 0 Å². The van der Waals surface area contributed by atoms with E-state index in [2.05, 4.69) is 43.4 Å². The van der Waals surface area contributed by atoms with Crippen molar-refractivity contribution in [1.29, 1.82) is 0 Å². The Morgan fingerprint density at radius 3 is 2.45 bits per heavy atom. The second-order valence-corrected chi connectivity index (χ2v) is 5.42. The number of hydrogen-bond donors (Lipinski definition) is 2. The zero-order valence-electron chi connectivity index (χ0n) is 12.6. The summed E-state index contributed by atoms with van der Waals surface area (Å²) in [5.74, 6) is 0.522. The van der Waals surface area contributed by atoms with Crippen LogP contribution in [0.5, 0.6) is 0 Å². The molecule has 1 atom stereocenters. The number of amides is 1. The van der Waals surface area contributed by atoms with Crippen LogP contribution in [0.25, 0.3) is 6.08 Å². The maximum atomic E-state index is 11.5. The smallest absolute Gasteiger partial charge is 0.223 e. The van der Waals surface area contributed by atoms with E-state index < -0.39 is 0 Å². The van der Waals surface area contributed by atoms with Gasteiger partial charge in [0.1, 0.15) is 0 Å². The van der Waals surface area contributed by atoms with Crippen LogP contribution in [0.15, 0.2) is 30.3 Å². The quantitative estimate of drug-likeness (QED) is 0.803. The van der Waals surface area contributed by atoms with E-state index in [0.29, 0.717) is 25.3 Å². The van der Waals surface area contributed by atoms with Crippen molar-refractivity contribution in [2.75, 3.05) is 6.54 Å². The van der Waals surface area contributed by atoms with Crippen LogP contribution < -0.4 is 5.32 Å². The molecule has 0 saturated carbocycles. The average Bonchev–Trinajstić information content (AvgIpc) is 2.39. The molecule has 0 aliphatic carbocycles. The molecule has 0 radical (unpaired) electrons. The average molecular weight is 275 g/mol. The van der Waals surface area contributed by atoms with Crippen molar-refractivity contribution in [2.24, 2.45) is 0 Å². The number of aliphatic hydroxyl groups is 1. The van der Waals surface area contributed by atoms with Gasteiger partial charge in [0.25, 0.3) is 0 Å². The first-order valence-electron chi connectivity index (χ1n) is 7.20. The highest BCUT2D eigenvalue weighted by molar-refractivity contribution is 5.78. The topological polar surface area (TPSA) is 49.3 Å². The van der Waals surface area contributed by atoms with Gasteiger partial charge in [0.2, 0.25) is 5.91 Å². The Morgan fingerprint density at radius 2 is 1.90 bits per heavy atom. The molecule has 2 N–H and O–H groups in total. The Kier molecular flexibility index (Phi) is 7.02. The van der Waals surface area contributed by atoms with Gasteiger partial charge in [-0.1, -0.05) is 50.3 Å². The van der Waals surface area contributed by atoms with Crippen molar-refractivity contribution < 1.29 is 9.90 Å². The minimum absolute atomic E-state index is 0.0132. The van der Waals surface area contributed by atoms with E-state index in [0.717, 1.165) is 5.56 Å². The first-order valence-corrected chi connectivity index (χ1v) is 7.20. The van der Waals surface area contributed by atoms with E-state index in [4.69, 9.17) is 5.11 Å². The number of carbonyl (C=O) groups excluding carboxylic acids is 1. The zero-order valence-corrected chi connectivity index (χ0v) is 12.6. The summed E-state index contributed by atoms with van der Waals surface area (Å²) < 4.78 is 0. The highest BCUT2D eigenvalue weighted by Crippen LogP contribution is 2.15. The molecule has 0 fully saturated rings. The van der Waals surface area contributed by atoms with Crippen molar-refractivity contribution in [1.82, 2.24) is 5.32 Å². The molecule has 1 aromatic carbocycles. The van der Waals surface area contributed by atoms with E-state index in [1.807, 2.05) is 12.2 Å². The number of nitrogens with one attached hydrogen (secondary N) is 1. The lowest BCUT2D eigenvalue weighted by atomic mass is 10.0. The molecule has 0 aliphatic heterocycles. The normalized spacial score (nSPS) is 12.8. The van der Waals surface area contributed by atoms with Crippen LogP contribution in [0, 0.1) is 0 Å². The molecule has 1 unspecified atom stereocenters. The molecular formula is C17H25NO2. The SMILES string of the molecule is CC(O)CCNC(=O)C/C=C/c1ccc(C(C)C)cc1. The Hall–Kier alpha value is -1.61. The molecule has 1 rings (SSSR count). The van der Waals surface area contributed by atoms with Gasteiger partial charge in [-0.15, -0.1) is 0 Å². The van der Waals surface area contributed by atoms with Crippen LogP contribution in [0.3, 0.4) is 0 Å². The number of aliphatic hydroxyl groups excluding tert-OH is 1. The summed E-state index contributed by atoms with van der Waals surface area (Å²) in [6.45, 7) is 6.57. The second-order valence-electron chi connectivity index (χ2n) is 5.42. The van der Waals surface area contributed by atoms with Crippen LogP contribution >= 0.6 is 0 Å². The number of benzene rings is 1. The molecule has 0 aromatic heterocycles. The number of carbonyl (C=O) groups is 1. The molecule has 1 amide bonds. The van der Waals surface area contributed by atoms with Crippen molar-refractivity contribution >= 4 is 12.0 Å². The Bertz CT molecular complexity index is 433. The molecule has 0 heterocycles. The van der Waals surface area contributed by atoms with Crippen molar-refractivity contribution in [2.45, 2.75) is 45.6 Å². The standard InChI is InChI=1S/C17H25NO2/c1-13(2)16-9-7-15(8-10-16)5-4-6-17(20)18-12-11-14(3)19/h4-5,7-10,13-14,19H,6,11-12H2,1-3H3,(H,18,20)/b5-4+. The van der Waals surface area contributed by atoms with E-state index >= 15 is 0 Å². The van der Waals surface area contributed by atoms with Gasteiger partial charge < -0.3 is 10.4 Å². The molecule has 0 aliphatic rings. The summed E-state index contributed by atoms with van der Waals surface area (Å²) in [5.41, 5.74) is 2.42. The summed E-state index contributed by atoms with van der Waals surface area (Å²) in [7, 11) is 0. The van der Waals surface area contributed by atoms with Gasteiger partial charge >= 0.3 is 0 Å². The van der Waals surface area contributed by atoms with Gasteiger partial charge in [-0.2, -0.15) is 0 Å². The fourth-order valence-electron chi connectivity index (χ4n) is 1.79. The van der Waals surface area contributed by atoms with E-state index in [1.54, 1.807) is 6.92 Å². The lowest BCUT2D eigenvalue weighted by molar-refractivity contribution is -0.120. The monoisotopic (exact) mass is 275 g/mol. The first-order chi connectivity index (χ1) is 9.49. The summed E-state index contributed by atoms with van der Waals surface area (Å²) in [5, 5.41) is 11.9. The molecule has 3 heteroatoms. The van der Waals surface area contributed by atoms with Gasteiger partial charge in [-0.3, -0.25) is 4.79 Å².